The molecule has 0 saturated carbocycles. The molecule has 6 nitrogen and oxygen atoms in total. The van der Waals surface area contributed by atoms with Gasteiger partial charge in [0.1, 0.15) is 18.1 Å². The summed E-state index contributed by atoms with van der Waals surface area (Å²) in [7, 11) is 0. The zero-order chi connectivity index (χ0) is 23.9. The Bertz CT molecular complexity index is 1360. The molecule has 5 rings (SSSR count). The summed E-state index contributed by atoms with van der Waals surface area (Å²) >= 11 is 2.88. The minimum atomic E-state index is -0.120. The van der Waals surface area contributed by atoms with E-state index in [-0.39, 0.29) is 12.5 Å². The third kappa shape index (κ3) is 5.98. The Balaban J connectivity index is 1.32. The maximum Gasteiger partial charge on any atom is 0.267 e. The number of thiophene rings is 1. The van der Waals surface area contributed by atoms with E-state index >= 15 is 0 Å². The van der Waals surface area contributed by atoms with Crippen molar-refractivity contribution in [3.8, 4) is 5.75 Å². The highest BCUT2D eigenvalue weighted by Crippen LogP contribution is 2.34. The summed E-state index contributed by atoms with van der Waals surface area (Å²) in [5.74, 6) is 1.30. The number of rotatable bonds is 8. The molecule has 4 aromatic rings. The summed E-state index contributed by atoms with van der Waals surface area (Å²) in [6.45, 7) is 0.779. The standard InChI is InChI=1S/C27H21N3O3S2/c31-26-25(16-24-12-6-14-34-24)35-27(30(26)18-23-11-5-13-32-23)29-28-17-21-9-4-10-22(15-21)33-19-20-7-2-1-3-8-20/h1-17H,18-19H2/b25-16-,28-17-,29-27+. The van der Waals surface area contributed by atoms with Crippen LogP contribution >= 0.6 is 23.1 Å². The SMILES string of the molecule is O=C1/C(=C/c2cccs2)S/C(=N/N=C\c2cccc(OCc3ccccc3)c2)N1Cc1ccco1. The van der Waals surface area contributed by atoms with Gasteiger partial charge in [-0.25, -0.2) is 0 Å². The molecule has 0 N–H and O–H groups in total. The molecule has 1 saturated heterocycles. The molecule has 0 radical (unpaired) electrons. The van der Waals surface area contributed by atoms with Gasteiger partial charge < -0.3 is 9.15 Å². The van der Waals surface area contributed by atoms with E-state index in [9.17, 15) is 4.79 Å². The summed E-state index contributed by atoms with van der Waals surface area (Å²) in [5.41, 5.74) is 1.95. The highest BCUT2D eigenvalue weighted by Gasteiger charge is 2.34. The number of ether oxygens (including phenoxy) is 1. The van der Waals surface area contributed by atoms with E-state index in [1.807, 2.05) is 84.3 Å². The van der Waals surface area contributed by atoms with Gasteiger partial charge in [-0.15, -0.1) is 16.4 Å². The van der Waals surface area contributed by atoms with Gasteiger partial charge in [0, 0.05) is 4.88 Å². The second kappa shape index (κ2) is 11.0. The van der Waals surface area contributed by atoms with Gasteiger partial charge in [0.2, 0.25) is 0 Å². The van der Waals surface area contributed by atoms with Gasteiger partial charge in [-0.05, 0) is 64.7 Å². The number of thioether (sulfide) groups is 1. The molecule has 1 aliphatic heterocycles. The fraction of sp³-hybridized carbons (Fsp3) is 0.0741. The molecule has 0 atom stereocenters. The maximum absolute atomic E-state index is 13.1. The summed E-state index contributed by atoms with van der Waals surface area (Å²) in [5, 5.41) is 11.1. The Morgan fingerprint density at radius 1 is 1.00 bits per heavy atom. The van der Waals surface area contributed by atoms with Crippen LogP contribution in [0.5, 0.6) is 5.75 Å². The molecule has 0 unspecified atom stereocenters. The zero-order valence-electron chi connectivity index (χ0n) is 18.6. The quantitative estimate of drug-likeness (QED) is 0.159. The first-order valence-corrected chi connectivity index (χ1v) is 12.6. The smallest absolute Gasteiger partial charge is 0.267 e. The minimum absolute atomic E-state index is 0.120. The van der Waals surface area contributed by atoms with Crippen LogP contribution in [-0.4, -0.2) is 22.2 Å². The molecular formula is C27H21N3O3S2. The van der Waals surface area contributed by atoms with E-state index in [4.69, 9.17) is 9.15 Å². The lowest BCUT2D eigenvalue weighted by Crippen LogP contribution is -2.28. The molecule has 3 heterocycles. The highest BCUT2D eigenvalue weighted by atomic mass is 32.2. The summed E-state index contributed by atoms with van der Waals surface area (Å²) in [6.07, 6.45) is 5.12. The topological polar surface area (TPSA) is 67.4 Å². The predicted molar refractivity (Wildman–Crippen MR) is 141 cm³/mol. The Morgan fingerprint density at radius 2 is 1.91 bits per heavy atom. The number of amidine groups is 1. The van der Waals surface area contributed by atoms with Crippen molar-refractivity contribution in [1.82, 2.24) is 4.90 Å². The van der Waals surface area contributed by atoms with Crippen molar-refractivity contribution in [3.05, 3.63) is 117 Å². The molecule has 0 spiro atoms. The van der Waals surface area contributed by atoms with Crippen molar-refractivity contribution in [3.63, 3.8) is 0 Å². The van der Waals surface area contributed by atoms with Crippen LogP contribution in [0, 0.1) is 0 Å². The second-order valence-corrected chi connectivity index (χ2v) is 9.56. The first-order chi connectivity index (χ1) is 17.2. The fourth-order valence-electron chi connectivity index (χ4n) is 3.35. The van der Waals surface area contributed by atoms with Gasteiger partial charge in [-0.2, -0.15) is 5.10 Å². The molecule has 1 fully saturated rings. The fourth-order valence-corrected chi connectivity index (χ4v) is 5.01. The Morgan fingerprint density at radius 3 is 2.71 bits per heavy atom. The van der Waals surface area contributed by atoms with Crippen LogP contribution < -0.4 is 4.74 Å². The lowest BCUT2D eigenvalue weighted by molar-refractivity contribution is -0.122. The van der Waals surface area contributed by atoms with Crippen molar-refractivity contribution in [1.29, 1.82) is 0 Å². The van der Waals surface area contributed by atoms with Gasteiger partial charge in [0.25, 0.3) is 5.91 Å². The third-order valence-corrected chi connectivity index (χ3v) is 6.87. The lowest BCUT2D eigenvalue weighted by Gasteiger charge is -2.12. The molecule has 1 aliphatic rings. The normalized spacial score (nSPS) is 16.1. The van der Waals surface area contributed by atoms with E-state index in [2.05, 4.69) is 10.2 Å². The van der Waals surface area contributed by atoms with Crippen molar-refractivity contribution in [2.75, 3.05) is 0 Å². The maximum atomic E-state index is 13.1. The Labute approximate surface area is 211 Å². The highest BCUT2D eigenvalue weighted by molar-refractivity contribution is 8.18. The number of benzene rings is 2. The molecule has 0 aliphatic carbocycles. The van der Waals surface area contributed by atoms with Gasteiger partial charge in [-0.1, -0.05) is 48.5 Å². The van der Waals surface area contributed by atoms with Crippen molar-refractivity contribution in [2.45, 2.75) is 13.2 Å². The van der Waals surface area contributed by atoms with Crippen LogP contribution in [0.3, 0.4) is 0 Å². The summed E-state index contributed by atoms with van der Waals surface area (Å²) < 4.78 is 11.3. The van der Waals surface area contributed by atoms with Crippen LogP contribution in [0.15, 0.2) is 110 Å². The lowest BCUT2D eigenvalue weighted by atomic mass is 10.2. The Kier molecular flexibility index (Phi) is 7.21. The van der Waals surface area contributed by atoms with E-state index < -0.39 is 0 Å². The van der Waals surface area contributed by atoms with Crippen molar-refractivity contribution < 1.29 is 13.9 Å². The van der Waals surface area contributed by atoms with E-state index in [0.29, 0.717) is 22.4 Å². The van der Waals surface area contributed by atoms with Crippen LogP contribution in [0.25, 0.3) is 6.08 Å². The zero-order valence-corrected chi connectivity index (χ0v) is 20.2. The molecule has 2 aromatic heterocycles. The number of hydrogen-bond acceptors (Lipinski definition) is 7. The molecule has 8 heteroatoms. The predicted octanol–water partition coefficient (Wildman–Crippen LogP) is 6.43. The first-order valence-electron chi connectivity index (χ1n) is 10.9. The largest absolute Gasteiger partial charge is 0.489 e. The number of carbonyl (C=O) groups is 1. The molecule has 174 valence electrons. The van der Waals surface area contributed by atoms with Gasteiger partial charge >= 0.3 is 0 Å². The molecule has 35 heavy (non-hydrogen) atoms. The molecule has 0 bridgehead atoms. The minimum Gasteiger partial charge on any atom is -0.489 e. The van der Waals surface area contributed by atoms with Crippen molar-refractivity contribution >= 4 is 46.5 Å². The van der Waals surface area contributed by atoms with Crippen LogP contribution in [-0.2, 0) is 17.9 Å². The average molecular weight is 500 g/mol. The van der Waals surface area contributed by atoms with Crippen LogP contribution in [0.1, 0.15) is 21.8 Å². The van der Waals surface area contributed by atoms with E-state index in [1.54, 1.807) is 34.8 Å². The first kappa shape index (κ1) is 22.9. The number of hydrogen-bond donors (Lipinski definition) is 0. The number of carbonyl (C=O) groups excluding carboxylic acids is 1. The number of nitrogens with zero attached hydrogens (tertiary/aromatic N) is 3. The summed E-state index contributed by atoms with van der Waals surface area (Å²) in [4.78, 5) is 16.3. The van der Waals surface area contributed by atoms with E-state index in [1.165, 1.54) is 11.8 Å². The average Bonchev–Trinajstić information content (AvgIpc) is 3.65. The summed E-state index contributed by atoms with van der Waals surface area (Å²) in [6, 6.07) is 25.2. The van der Waals surface area contributed by atoms with Crippen LogP contribution in [0.2, 0.25) is 0 Å². The number of amides is 1. The molecule has 2 aromatic carbocycles. The second-order valence-electron chi connectivity index (χ2n) is 7.57. The Hall–Kier alpha value is -3.88. The van der Waals surface area contributed by atoms with Gasteiger partial charge in [0.15, 0.2) is 5.17 Å². The monoisotopic (exact) mass is 499 g/mol. The van der Waals surface area contributed by atoms with Crippen molar-refractivity contribution in [2.24, 2.45) is 10.2 Å². The molecular weight excluding hydrogens is 478 g/mol. The van der Waals surface area contributed by atoms with Gasteiger partial charge in [0.05, 0.1) is 23.9 Å². The molecule has 1 amide bonds. The third-order valence-electron chi connectivity index (χ3n) is 5.06. The van der Waals surface area contributed by atoms with E-state index in [0.717, 1.165) is 21.8 Å². The van der Waals surface area contributed by atoms with Gasteiger partial charge in [-0.3, -0.25) is 9.69 Å². The van der Waals surface area contributed by atoms with Crippen LogP contribution in [0.4, 0.5) is 0 Å². The number of furan rings is 1.